The van der Waals surface area contributed by atoms with E-state index in [1.807, 2.05) is 30.3 Å². The molecule has 0 amide bonds. The number of halogens is 1. The van der Waals surface area contributed by atoms with Gasteiger partial charge in [-0.15, -0.1) is 0 Å². The highest BCUT2D eigenvalue weighted by molar-refractivity contribution is 5.77. The number of ether oxygens (including phenoxy) is 1. The van der Waals surface area contributed by atoms with E-state index in [0.29, 0.717) is 25.9 Å². The van der Waals surface area contributed by atoms with Crippen LogP contribution in [-0.4, -0.2) is 35.2 Å². The van der Waals surface area contributed by atoms with Gasteiger partial charge in [0, 0.05) is 13.1 Å². The fourth-order valence-electron chi connectivity index (χ4n) is 3.09. The van der Waals surface area contributed by atoms with Crippen molar-refractivity contribution in [3.8, 4) is 0 Å². The number of esters is 1. The van der Waals surface area contributed by atoms with Crippen LogP contribution >= 0.6 is 0 Å². The van der Waals surface area contributed by atoms with E-state index < -0.39 is 6.04 Å². The van der Waals surface area contributed by atoms with Gasteiger partial charge in [0.1, 0.15) is 18.5 Å². The fraction of sp³-hybridized carbons (Fsp3) is 0.350. The number of hydrogen-bond acceptors (Lipinski definition) is 4. The van der Waals surface area contributed by atoms with Crippen LogP contribution in [0, 0.1) is 5.82 Å². The molecule has 0 bridgehead atoms. The van der Waals surface area contributed by atoms with Crippen LogP contribution < -0.4 is 0 Å². The number of benzene rings is 2. The van der Waals surface area contributed by atoms with Crippen molar-refractivity contribution in [1.29, 1.82) is 0 Å². The number of likely N-dealkylation sites (tertiary alicyclic amines) is 1. The highest BCUT2D eigenvalue weighted by Gasteiger charge is 2.31. The van der Waals surface area contributed by atoms with Gasteiger partial charge in [-0.2, -0.15) is 0 Å². The van der Waals surface area contributed by atoms with E-state index >= 15 is 0 Å². The standard InChI is InChI=1S/C20H22FNO3/c21-17-8-6-15(7-9-17)14-25-20(24)19(16-4-2-1-3-5-16)22-12-10-18(23)11-13-22/h1-9,18-19,23H,10-14H2/t19-/m1/s1. The predicted octanol–water partition coefficient (Wildman–Crippen LogP) is 3.07. The second-order valence-electron chi connectivity index (χ2n) is 6.31. The van der Waals surface area contributed by atoms with E-state index in [-0.39, 0.29) is 24.5 Å². The van der Waals surface area contributed by atoms with Crippen LogP contribution in [0.25, 0.3) is 0 Å². The average molecular weight is 343 g/mol. The van der Waals surface area contributed by atoms with E-state index in [9.17, 15) is 14.3 Å². The minimum atomic E-state index is -0.492. The number of carbonyl (C=O) groups is 1. The number of carbonyl (C=O) groups excluding carboxylic acids is 1. The first-order valence-electron chi connectivity index (χ1n) is 8.51. The van der Waals surface area contributed by atoms with E-state index in [2.05, 4.69) is 4.90 Å². The molecule has 5 heteroatoms. The van der Waals surface area contributed by atoms with E-state index in [1.165, 1.54) is 12.1 Å². The lowest BCUT2D eigenvalue weighted by Crippen LogP contribution is -2.42. The van der Waals surface area contributed by atoms with Crippen molar-refractivity contribution in [3.05, 3.63) is 71.5 Å². The Balaban J connectivity index is 1.71. The summed E-state index contributed by atoms with van der Waals surface area (Å²) >= 11 is 0. The van der Waals surface area contributed by atoms with Gasteiger partial charge in [0.15, 0.2) is 0 Å². The summed E-state index contributed by atoms with van der Waals surface area (Å²) in [5.74, 6) is -0.643. The van der Waals surface area contributed by atoms with Crippen molar-refractivity contribution < 1.29 is 19.0 Å². The SMILES string of the molecule is O=C(OCc1ccc(F)cc1)[C@@H](c1ccccc1)N1CCC(O)CC1. The van der Waals surface area contributed by atoms with Crippen LogP contribution in [0.3, 0.4) is 0 Å². The first kappa shape index (κ1) is 17.6. The molecule has 1 N–H and O–H groups in total. The lowest BCUT2D eigenvalue weighted by atomic mass is 10.0. The molecule has 0 aromatic heterocycles. The van der Waals surface area contributed by atoms with Crippen molar-refractivity contribution in [2.24, 2.45) is 0 Å². The van der Waals surface area contributed by atoms with Gasteiger partial charge in [0.05, 0.1) is 6.10 Å². The van der Waals surface area contributed by atoms with Crippen molar-refractivity contribution in [2.75, 3.05) is 13.1 Å². The number of nitrogens with zero attached hydrogens (tertiary/aromatic N) is 1. The van der Waals surface area contributed by atoms with Crippen LogP contribution in [0.4, 0.5) is 4.39 Å². The van der Waals surface area contributed by atoms with Gasteiger partial charge in [0.2, 0.25) is 0 Å². The number of rotatable bonds is 5. The lowest BCUT2D eigenvalue weighted by Gasteiger charge is -2.35. The zero-order valence-corrected chi connectivity index (χ0v) is 14.0. The second-order valence-corrected chi connectivity index (χ2v) is 6.31. The normalized spacial score (nSPS) is 17.2. The molecule has 1 fully saturated rings. The van der Waals surface area contributed by atoms with Gasteiger partial charge in [-0.3, -0.25) is 4.90 Å². The molecular formula is C20H22FNO3. The Morgan fingerprint density at radius 2 is 1.76 bits per heavy atom. The maximum atomic E-state index is 13.0. The van der Waals surface area contributed by atoms with Crippen LogP contribution in [0.15, 0.2) is 54.6 Å². The summed E-state index contributed by atoms with van der Waals surface area (Å²) in [7, 11) is 0. The van der Waals surface area contributed by atoms with E-state index in [1.54, 1.807) is 12.1 Å². The largest absolute Gasteiger partial charge is 0.459 e. The molecule has 3 rings (SSSR count). The smallest absolute Gasteiger partial charge is 0.328 e. The third-order valence-corrected chi connectivity index (χ3v) is 4.50. The molecule has 0 aliphatic carbocycles. The molecule has 25 heavy (non-hydrogen) atoms. The number of hydrogen-bond donors (Lipinski definition) is 1. The Bertz CT molecular complexity index is 682. The Hall–Kier alpha value is -2.24. The zero-order valence-electron chi connectivity index (χ0n) is 14.0. The fourth-order valence-corrected chi connectivity index (χ4v) is 3.09. The topological polar surface area (TPSA) is 49.8 Å². The van der Waals surface area contributed by atoms with Gasteiger partial charge >= 0.3 is 5.97 Å². The van der Waals surface area contributed by atoms with Gasteiger partial charge in [-0.05, 0) is 36.1 Å². The summed E-state index contributed by atoms with van der Waals surface area (Å²) in [5, 5.41) is 9.72. The second kappa shape index (κ2) is 8.23. The van der Waals surface area contributed by atoms with Crippen LogP contribution in [0.1, 0.15) is 30.0 Å². The molecule has 1 aliphatic heterocycles. The summed E-state index contributed by atoms with van der Waals surface area (Å²) in [6, 6.07) is 15.0. The molecule has 1 aliphatic rings. The minimum absolute atomic E-state index is 0.110. The first-order valence-corrected chi connectivity index (χ1v) is 8.51. The monoisotopic (exact) mass is 343 g/mol. The Labute approximate surface area is 146 Å². The van der Waals surface area contributed by atoms with E-state index in [0.717, 1.165) is 11.1 Å². The maximum absolute atomic E-state index is 13.0. The molecule has 0 unspecified atom stereocenters. The van der Waals surface area contributed by atoms with Crippen molar-refractivity contribution in [2.45, 2.75) is 31.6 Å². The summed E-state index contributed by atoms with van der Waals surface area (Å²) in [6.45, 7) is 1.40. The summed E-state index contributed by atoms with van der Waals surface area (Å²) in [5.41, 5.74) is 1.62. The molecule has 0 radical (unpaired) electrons. The quantitative estimate of drug-likeness (QED) is 0.848. The molecule has 1 heterocycles. The predicted molar refractivity (Wildman–Crippen MR) is 92.2 cm³/mol. The Morgan fingerprint density at radius 3 is 2.40 bits per heavy atom. The summed E-state index contributed by atoms with van der Waals surface area (Å²) < 4.78 is 18.5. The van der Waals surface area contributed by atoms with Crippen LogP contribution in [-0.2, 0) is 16.1 Å². The van der Waals surface area contributed by atoms with Crippen LogP contribution in [0.5, 0.6) is 0 Å². The third kappa shape index (κ3) is 4.65. The molecule has 1 saturated heterocycles. The molecule has 0 spiro atoms. The molecule has 132 valence electrons. The Kier molecular flexibility index (Phi) is 5.79. The molecule has 2 aromatic carbocycles. The van der Waals surface area contributed by atoms with Crippen LogP contribution in [0.2, 0.25) is 0 Å². The highest BCUT2D eigenvalue weighted by atomic mass is 19.1. The minimum Gasteiger partial charge on any atom is -0.459 e. The summed E-state index contributed by atoms with van der Waals surface area (Å²) in [6.07, 6.45) is 0.992. The highest BCUT2D eigenvalue weighted by Crippen LogP contribution is 2.26. The number of aliphatic hydroxyl groups excluding tert-OH is 1. The molecular weight excluding hydrogens is 321 g/mol. The summed E-state index contributed by atoms with van der Waals surface area (Å²) in [4.78, 5) is 14.8. The van der Waals surface area contributed by atoms with E-state index in [4.69, 9.17) is 4.74 Å². The number of piperidine rings is 1. The van der Waals surface area contributed by atoms with Crippen molar-refractivity contribution in [1.82, 2.24) is 4.90 Å². The maximum Gasteiger partial charge on any atom is 0.328 e. The van der Waals surface area contributed by atoms with Crippen molar-refractivity contribution >= 4 is 5.97 Å². The average Bonchev–Trinajstić information content (AvgIpc) is 2.64. The zero-order chi connectivity index (χ0) is 17.6. The molecule has 4 nitrogen and oxygen atoms in total. The van der Waals surface area contributed by atoms with Gasteiger partial charge in [-0.25, -0.2) is 9.18 Å². The van der Waals surface area contributed by atoms with Gasteiger partial charge < -0.3 is 9.84 Å². The Morgan fingerprint density at radius 1 is 1.12 bits per heavy atom. The van der Waals surface area contributed by atoms with Crippen molar-refractivity contribution in [3.63, 3.8) is 0 Å². The van der Waals surface area contributed by atoms with Gasteiger partial charge in [-0.1, -0.05) is 42.5 Å². The lowest BCUT2D eigenvalue weighted by molar-refractivity contribution is -0.152. The molecule has 2 aromatic rings. The third-order valence-electron chi connectivity index (χ3n) is 4.50. The molecule has 1 atom stereocenters. The first-order chi connectivity index (χ1) is 12.1. The molecule has 0 saturated carbocycles. The number of aliphatic hydroxyl groups is 1. The van der Waals surface area contributed by atoms with Gasteiger partial charge in [0.25, 0.3) is 0 Å².